The summed E-state index contributed by atoms with van der Waals surface area (Å²) in [6.07, 6.45) is 1.76. The van der Waals surface area contributed by atoms with Crippen LogP contribution >= 0.6 is 0 Å². The van der Waals surface area contributed by atoms with Crippen LogP contribution in [-0.4, -0.2) is 20.9 Å². The van der Waals surface area contributed by atoms with Crippen molar-refractivity contribution in [3.63, 3.8) is 0 Å². The van der Waals surface area contributed by atoms with E-state index in [1.807, 2.05) is 98.8 Å². The number of fused-ring (bicyclic) bond motifs is 1. The van der Waals surface area contributed by atoms with Gasteiger partial charge in [-0.1, -0.05) is 30.3 Å². The molecular weight excluding hydrogens is 436 g/mol. The first-order valence-corrected chi connectivity index (χ1v) is 11.2. The maximum atomic E-state index is 12.7. The minimum absolute atomic E-state index is 0.150. The molecule has 0 unspecified atom stereocenters. The number of aryl methyl sites for hydroxylation is 2. The number of nitrogens with zero attached hydrogens (tertiary/aromatic N) is 3. The second-order valence-corrected chi connectivity index (χ2v) is 8.25. The molecule has 35 heavy (non-hydrogen) atoms. The van der Waals surface area contributed by atoms with E-state index in [-0.39, 0.29) is 5.91 Å². The monoisotopic (exact) mass is 460 g/mol. The molecule has 0 fully saturated rings. The van der Waals surface area contributed by atoms with Crippen LogP contribution in [0.1, 0.15) is 21.7 Å². The number of nitrogens with one attached hydrogen (secondary N) is 3. The summed E-state index contributed by atoms with van der Waals surface area (Å²) in [7, 11) is 0. The fraction of sp³-hybridized carbons (Fsp3) is 0.0714. The zero-order valence-corrected chi connectivity index (χ0v) is 19.4. The third kappa shape index (κ3) is 5.42. The molecule has 0 aliphatic rings. The highest BCUT2D eigenvalue weighted by atomic mass is 16.1. The Morgan fingerprint density at radius 2 is 1.40 bits per heavy atom. The molecule has 7 nitrogen and oxygen atoms in total. The molecule has 1 amide bonds. The van der Waals surface area contributed by atoms with Crippen molar-refractivity contribution in [2.45, 2.75) is 13.8 Å². The van der Waals surface area contributed by atoms with Gasteiger partial charge in [0.1, 0.15) is 23.3 Å². The van der Waals surface area contributed by atoms with Crippen LogP contribution in [0.15, 0.2) is 91.1 Å². The van der Waals surface area contributed by atoms with Crippen LogP contribution < -0.4 is 16.0 Å². The zero-order chi connectivity index (χ0) is 24.2. The number of pyridine rings is 1. The van der Waals surface area contributed by atoms with E-state index in [1.54, 1.807) is 6.20 Å². The van der Waals surface area contributed by atoms with E-state index in [4.69, 9.17) is 0 Å². The van der Waals surface area contributed by atoms with Crippen LogP contribution in [0.25, 0.3) is 10.8 Å². The predicted molar refractivity (Wildman–Crippen MR) is 141 cm³/mol. The third-order valence-corrected chi connectivity index (χ3v) is 5.44. The molecule has 0 bridgehead atoms. The van der Waals surface area contributed by atoms with Crippen molar-refractivity contribution in [3.05, 3.63) is 108 Å². The van der Waals surface area contributed by atoms with Gasteiger partial charge in [-0.2, -0.15) is 0 Å². The number of carbonyl (C=O) groups is 1. The van der Waals surface area contributed by atoms with Crippen LogP contribution in [0.5, 0.6) is 0 Å². The van der Waals surface area contributed by atoms with Gasteiger partial charge in [-0.25, -0.2) is 15.0 Å². The van der Waals surface area contributed by atoms with Gasteiger partial charge in [0, 0.05) is 29.2 Å². The summed E-state index contributed by atoms with van der Waals surface area (Å²) in [6, 6.07) is 26.9. The number of amides is 1. The summed E-state index contributed by atoms with van der Waals surface area (Å²) in [5, 5.41) is 11.6. The van der Waals surface area contributed by atoms with E-state index in [0.29, 0.717) is 28.7 Å². The fourth-order valence-electron chi connectivity index (χ4n) is 3.75. The second-order valence-electron chi connectivity index (χ2n) is 8.25. The lowest BCUT2D eigenvalue weighted by Crippen LogP contribution is -2.11. The maximum Gasteiger partial charge on any atom is 0.255 e. The fourth-order valence-corrected chi connectivity index (χ4v) is 3.75. The molecule has 0 atom stereocenters. The Kier molecular flexibility index (Phi) is 6.05. The minimum Gasteiger partial charge on any atom is -0.340 e. The molecule has 2 heterocycles. The molecule has 172 valence electrons. The van der Waals surface area contributed by atoms with Crippen LogP contribution in [0.4, 0.5) is 28.8 Å². The Balaban J connectivity index is 1.26. The smallest absolute Gasteiger partial charge is 0.255 e. The van der Waals surface area contributed by atoms with E-state index in [0.717, 1.165) is 27.8 Å². The maximum absolute atomic E-state index is 12.7. The number of anilines is 5. The van der Waals surface area contributed by atoms with Crippen molar-refractivity contribution in [1.29, 1.82) is 0 Å². The molecule has 0 radical (unpaired) electrons. The summed E-state index contributed by atoms with van der Waals surface area (Å²) >= 11 is 0. The minimum atomic E-state index is -0.150. The van der Waals surface area contributed by atoms with Gasteiger partial charge in [-0.3, -0.25) is 4.79 Å². The van der Waals surface area contributed by atoms with E-state index in [1.165, 1.54) is 0 Å². The first-order chi connectivity index (χ1) is 17.0. The molecule has 0 aliphatic carbocycles. The van der Waals surface area contributed by atoms with Crippen LogP contribution in [0.2, 0.25) is 0 Å². The van der Waals surface area contributed by atoms with Crippen LogP contribution in [-0.2, 0) is 0 Å². The van der Waals surface area contributed by atoms with Gasteiger partial charge in [0.05, 0.1) is 0 Å². The largest absolute Gasteiger partial charge is 0.340 e. The van der Waals surface area contributed by atoms with Gasteiger partial charge in [0.25, 0.3) is 5.91 Å². The lowest BCUT2D eigenvalue weighted by atomic mass is 10.1. The Morgan fingerprint density at radius 1 is 0.686 bits per heavy atom. The highest BCUT2D eigenvalue weighted by Crippen LogP contribution is 2.22. The molecule has 0 saturated carbocycles. The highest BCUT2D eigenvalue weighted by molar-refractivity contribution is 6.06. The first kappa shape index (κ1) is 22.0. The zero-order valence-electron chi connectivity index (χ0n) is 19.4. The molecule has 0 spiro atoms. The number of aromatic nitrogens is 3. The molecule has 2 aromatic heterocycles. The number of benzene rings is 3. The molecular formula is C28H24N6O. The molecule has 0 saturated heterocycles. The molecule has 5 aromatic rings. The van der Waals surface area contributed by atoms with Crippen molar-refractivity contribution >= 4 is 45.5 Å². The van der Waals surface area contributed by atoms with E-state index < -0.39 is 0 Å². The van der Waals surface area contributed by atoms with Gasteiger partial charge in [0.15, 0.2) is 0 Å². The van der Waals surface area contributed by atoms with Crippen molar-refractivity contribution in [1.82, 2.24) is 15.0 Å². The van der Waals surface area contributed by atoms with Gasteiger partial charge in [-0.15, -0.1) is 0 Å². The lowest BCUT2D eigenvalue weighted by Gasteiger charge is -2.11. The summed E-state index contributed by atoms with van der Waals surface area (Å²) in [4.78, 5) is 26.0. The van der Waals surface area contributed by atoms with E-state index in [2.05, 4.69) is 30.9 Å². The lowest BCUT2D eigenvalue weighted by molar-refractivity contribution is 0.102. The Bertz CT molecular complexity index is 1510. The molecule has 3 N–H and O–H groups in total. The molecule has 0 aliphatic heterocycles. The predicted octanol–water partition coefficient (Wildman–Crippen LogP) is 6.38. The third-order valence-electron chi connectivity index (χ3n) is 5.44. The number of rotatable bonds is 6. The van der Waals surface area contributed by atoms with E-state index >= 15 is 0 Å². The quantitative estimate of drug-likeness (QED) is 0.272. The normalized spacial score (nSPS) is 10.7. The summed E-state index contributed by atoms with van der Waals surface area (Å²) < 4.78 is 0. The summed E-state index contributed by atoms with van der Waals surface area (Å²) in [5.41, 5.74) is 3.27. The second kappa shape index (κ2) is 9.61. The topological polar surface area (TPSA) is 91.8 Å². The number of hydrogen-bond acceptors (Lipinski definition) is 6. The average Bonchev–Trinajstić information content (AvgIpc) is 2.84. The van der Waals surface area contributed by atoms with Crippen molar-refractivity contribution in [2.75, 3.05) is 16.0 Å². The molecule has 5 rings (SSSR count). The van der Waals surface area contributed by atoms with Crippen LogP contribution in [0.3, 0.4) is 0 Å². The number of hydrogen-bond donors (Lipinski definition) is 3. The Labute approximate surface area is 203 Å². The standard InChI is InChI=1S/C28H24N6O/c1-18-13-14-29-25(15-18)34-27-17-26(30-19(2)31-27)32-23-9-11-24(12-10-23)33-28(35)22-8-7-20-5-3-4-6-21(20)16-22/h3-17H,1-2H3,(H,33,35)(H2,29,30,31,32,34). The first-order valence-electron chi connectivity index (χ1n) is 11.2. The van der Waals surface area contributed by atoms with Crippen LogP contribution in [0, 0.1) is 13.8 Å². The van der Waals surface area contributed by atoms with Crippen molar-refractivity contribution in [2.24, 2.45) is 0 Å². The highest BCUT2D eigenvalue weighted by Gasteiger charge is 2.08. The molecule has 7 heteroatoms. The average molecular weight is 461 g/mol. The van der Waals surface area contributed by atoms with Gasteiger partial charge >= 0.3 is 0 Å². The Morgan fingerprint density at radius 3 is 2.17 bits per heavy atom. The van der Waals surface area contributed by atoms with E-state index in [9.17, 15) is 4.79 Å². The number of carbonyl (C=O) groups excluding carboxylic acids is 1. The van der Waals surface area contributed by atoms with Gasteiger partial charge < -0.3 is 16.0 Å². The Hall–Kier alpha value is -4.78. The summed E-state index contributed by atoms with van der Waals surface area (Å²) in [5.74, 6) is 2.51. The SMILES string of the molecule is Cc1ccnc(Nc2cc(Nc3ccc(NC(=O)c4ccc5ccccc5c4)cc3)nc(C)n2)c1. The molecule has 3 aromatic carbocycles. The summed E-state index contributed by atoms with van der Waals surface area (Å²) in [6.45, 7) is 3.85. The van der Waals surface area contributed by atoms with Gasteiger partial charge in [0.2, 0.25) is 0 Å². The van der Waals surface area contributed by atoms with Crippen molar-refractivity contribution in [3.8, 4) is 0 Å². The van der Waals surface area contributed by atoms with Crippen molar-refractivity contribution < 1.29 is 4.79 Å². The van der Waals surface area contributed by atoms with Gasteiger partial charge in [-0.05, 0) is 78.7 Å².